The molecule has 0 aromatic rings. The number of amides is 3. The molecule has 1 aliphatic carbocycles. The number of hydrogen-bond acceptors (Lipinski definition) is 4. The average molecular weight is 300 g/mol. The van der Waals surface area contributed by atoms with Crippen molar-refractivity contribution in [1.82, 2.24) is 10.6 Å². The number of hydrogen-bond donors (Lipinski definition) is 3. The van der Waals surface area contributed by atoms with Gasteiger partial charge in [-0.1, -0.05) is 0 Å². The van der Waals surface area contributed by atoms with E-state index in [2.05, 4.69) is 10.6 Å². The Morgan fingerprint density at radius 3 is 2.52 bits per heavy atom. The first-order valence-corrected chi connectivity index (χ1v) is 7.20. The summed E-state index contributed by atoms with van der Waals surface area (Å²) < 4.78 is 5.41. The van der Waals surface area contributed by atoms with Crippen molar-refractivity contribution in [1.29, 1.82) is 0 Å². The molecule has 120 valence electrons. The number of carboxylic acid groups (broad SMARTS) is 1. The molecule has 1 saturated carbocycles. The van der Waals surface area contributed by atoms with Gasteiger partial charge in [0.1, 0.15) is 0 Å². The van der Waals surface area contributed by atoms with E-state index in [9.17, 15) is 14.4 Å². The van der Waals surface area contributed by atoms with E-state index in [-0.39, 0.29) is 6.42 Å². The van der Waals surface area contributed by atoms with Crippen LogP contribution in [0.2, 0.25) is 0 Å². The number of carbonyl (C=O) groups excluding carboxylic acids is 2. The van der Waals surface area contributed by atoms with Crippen LogP contribution in [0.15, 0.2) is 0 Å². The van der Waals surface area contributed by atoms with Gasteiger partial charge in [0.05, 0.1) is 5.41 Å². The molecule has 0 aromatic carbocycles. The summed E-state index contributed by atoms with van der Waals surface area (Å²) in [6.07, 6.45) is 2.92. The summed E-state index contributed by atoms with van der Waals surface area (Å²) in [7, 11) is 0. The number of carbonyl (C=O) groups is 3. The molecule has 1 rings (SSSR count). The summed E-state index contributed by atoms with van der Waals surface area (Å²) in [5, 5.41) is 13.5. The topological polar surface area (TPSA) is 105 Å². The van der Waals surface area contributed by atoms with Crippen LogP contribution in [0.3, 0.4) is 0 Å². The SMILES string of the molecule is CC(C)(CC(=O)NC(=O)NCCCOCC1CC1)C(=O)O. The van der Waals surface area contributed by atoms with Gasteiger partial charge >= 0.3 is 12.0 Å². The molecule has 0 atom stereocenters. The normalized spacial score (nSPS) is 14.6. The Bertz CT molecular complexity index is 391. The van der Waals surface area contributed by atoms with Gasteiger partial charge in [0.15, 0.2) is 0 Å². The first-order valence-electron chi connectivity index (χ1n) is 7.20. The van der Waals surface area contributed by atoms with E-state index in [1.54, 1.807) is 0 Å². The summed E-state index contributed by atoms with van der Waals surface area (Å²) >= 11 is 0. The molecule has 1 aliphatic rings. The lowest BCUT2D eigenvalue weighted by Crippen LogP contribution is -2.42. The lowest BCUT2D eigenvalue weighted by molar-refractivity contribution is -0.149. The van der Waals surface area contributed by atoms with Gasteiger partial charge in [-0.05, 0) is 39.0 Å². The summed E-state index contributed by atoms with van der Waals surface area (Å²) in [6, 6.07) is -0.608. The Kier molecular flexibility index (Phi) is 6.61. The third-order valence-electron chi connectivity index (χ3n) is 3.24. The maximum atomic E-state index is 11.5. The van der Waals surface area contributed by atoms with Crippen molar-refractivity contribution in [3.8, 4) is 0 Å². The summed E-state index contributed by atoms with van der Waals surface area (Å²) in [4.78, 5) is 33.8. The van der Waals surface area contributed by atoms with Crippen molar-refractivity contribution in [3.63, 3.8) is 0 Å². The molecule has 0 saturated heterocycles. The molecule has 0 unspecified atom stereocenters. The quantitative estimate of drug-likeness (QED) is 0.554. The van der Waals surface area contributed by atoms with Gasteiger partial charge < -0.3 is 15.2 Å². The minimum Gasteiger partial charge on any atom is -0.481 e. The lowest BCUT2D eigenvalue weighted by atomic mass is 9.89. The molecule has 3 amide bonds. The summed E-state index contributed by atoms with van der Waals surface area (Å²) in [5.41, 5.74) is -1.19. The fourth-order valence-corrected chi connectivity index (χ4v) is 1.60. The number of aliphatic carboxylic acids is 1. The van der Waals surface area contributed by atoms with E-state index >= 15 is 0 Å². The van der Waals surface area contributed by atoms with E-state index in [0.29, 0.717) is 19.6 Å². The van der Waals surface area contributed by atoms with Gasteiger partial charge in [-0.3, -0.25) is 14.9 Å². The van der Waals surface area contributed by atoms with Crippen LogP contribution in [-0.4, -0.2) is 42.8 Å². The molecule has 1 fully saturated rings. The van der Waals surface area contributed by atoms with Gasteiger partial charge in [-0.15, -0.1) is 0 Å². The second kappa shape index (κ2) is 7.97. The largest absolute Gasteiger partial charge is 0.481 e. The zero-order chi connectivity index (χ0) is 15.9. The maximum Gasteiger partial charge on any atom is 0.321 e. The van der Waals surface area contributed by atoms with Crippen molar-refractivity contribution in [3.05, 3.63) is 0 Å². The van der Waals surface area contributed by atoms with E-state index in [4.69, 9.17) is 9.84 Å². The highest BCUT2D eigenvalue weighted by Crippen LogP contribution is 2.28. The average Bonchev–Trinajstić information content (AvgIpc) is 3.16. The molecular formula is C14H24N2O5. The van der Waals surface area contributed by atoms with Crippen LogP contribution in [0, 0.1) is 11.3 Å². The van der Waals surface area contributed by atoms with Gasteiger partial charge in [0.25, 0.3) is 0 Å². The van der Waals surface area contributed by atoms with Crippen molar-refractivity contribution in [2.24, 2.45) is 11.3 Å². The highest BCUT2D eigenvalue weighted by atomic mass is 16.5. The molecule has 0 bridgehead atoms. The van der Waals surface area contributed by atoms with Gasteiger partial charge in [0.2, 0.25) is 5.91 Å². The molecule has 0 heterocycles. The van der Waals surface area contributed by atoms with Crippen LogP contribution in [0.25, 0.3) is 0 Å². The minimum absolute atomic E-state index is 0.250. The molecule has 7 heteroatoms. The molecule has 3 N–H and O–H groups in total. The van der Waals surface area contributed by atoms with E-state index < -0.39 is 23.3 Å². The molecule has 0 aliphatic heterocycles. The highest BCUT2D eigenvalue weighted by molar-refractivity contribution is 5.96. The molecule has 0 aromatic heterocycles. The van der Waals surface area contributed by atoms with Gasteiger partial charge in [-0.25, -0.2) is 4.79 Å². The maximum absolute atomic E-state index is 11.5. The van der Waals surface area contributed by atoms with E-state index in [1.165, 1.54) is 26.7 Å². The number of imide groups is 1. The second-order valence-electron chi connectivity index (χ2n) is 6.04. The fourth-order valence-electron chi connectivity index (χ4n) is 1.60. The van der Waals surface area contributed by atoms with Crippen LogP contribution < -0.4 is 10.6 Å². The molecule has 7 nitrogen and oxygen atoms in total. The van der Waals surface area contributed by atoms with Crippen LogP contribution in [-0.2, 0) is 14.3 Å². The fraction of sp³-hybridized carbons (Fsp3) is 0.786. The van der Waals surface area contributed by atoms with Crippen LogP contribution in [0.1, 0.15) is 39.5 Å². The summed E-state index contributed by atoms with van der Waals surface area (Å²) in [6.45, 7) is 4.64. The van der Waals surface area contributed by atoms with Gasteiger partial charge in [-0.2, -0.15) is 0 Å². The predicted octanol–water partition coefficient (Wildman–Crippen LogP) is 1.13. The Hall–Kier alpha value is -1.63. The highest BCUT2D eigenvalue weighted by Gasteiger charge is 2.30. The van der Waals surface area contributed by atoms with Crippen LogP contribution >= 0.6 is 0 Å². The van der Waals surface area contributed by atoms with Crippen LogP contribution in [0.5, 0.6) is 0 Å². The first kappa shape index (κ1) is 17.4. The van der Waals surface area contributed by atoms with Crippen molar-refractivity contribution in [2.45, 2.75) is 39.5 Å². The molecule has 0 radical (unpaired) electrons. The first-order chi connectivity index (χ1) is 9.81. The number of rotatable bonds is 9. The summed E-state index contributed by atoms with van der Waals surface area (Å²) in [5.74, 6) is -0.966. The van der Waals surface area contributed by atoms with Crippen molar-refractivity contribution >= 4 is 17.9 Å². The Morgan fingerprint density at radius 2 is 1.95 bits per heavy atom. The predicted molar refractivity (Wildman–Crippen MR) is 75.7 cm³/mol. The van der Waals surface area contributed by atoms with Crippen molar-refractivity contribution in [2.75, 3.05) is 19.8 Å². The van der Waals surface area contributed by atoms with Crippen molar-refractivity contribution < 1.29 is 24.2 Å². The zero-order valence-corrected chi connectivity index (χ0v) is 12.6. The standard InChI is InChI=1S/C14H24N2O5/c1-14(2,12(18)19)8-11(17)16-13(20)15-6-3-7-21-9-10-4-5-10/h10H,3-9H2,1-2H3,(H,18,19)(H2,15,16,17,20). The Labute approximate surface area is 124 Å². The molecule has 0 spiro atoms. The second-order valence-corrected chi connectivity index (χ2v) is 6.04. The molecular weight excluding hydrogens is 276 g/mol. The Morgan fingerprint density at radius 1 is 1.29 bits per heavy atom. The van der Waals surface area contributed by atoms with E-state index in [1.807, 2.05) is 0 Å². The number of urea groups is 1. The van der Waals surface area contributed by atoms with Crippen LogP contribution in [0.4, 0.5) is 4.79 Å². The third kappa shape index (κ3) is 7.65. The number of ether oxygens (including phenoxy) is 1. The number of carboxylic acids is 1. The minimum atomic E-state index is -1.19. The lowest BCUT2D eigenvalue weighted by Gasteiger charge is -2.17. The molecule has 21 heavy (non-hydrogen) atoms. The smallest absolute Gasteiger partial charge is 0.321 e. The van der Waals surface area contributed by atoms with E-state index in [0.717, 1.165) is 12.5 Å². The van der Waals surface area contributed by atoms with Gasteiger partial charge in [0, 0.05) is 26.2 Å². The number of nitrogens with one attached hydrogen (secondary N) is 2. The zero-order valence-electron chi connectivity index (χ0n) is 12.6. The third-order valence-corrected chi connectivity index (χ3v) is 3.24. The Balaban J connectivity index is 2.06. The monoisotopic (exact) mass is 300 g/mol.